The standard InChI is InChI=1S/C17H29NO2/c1-12-9-13(2)14(16(19)10-12)11-18-7-8-20-17-6-4-3-5-15(17)18/h12-15,17H,3-11H2,1-2H3. The molecule has 3 heteroatoms. The Morgan fingerprint density at radius 1 is 1.25 bits per heavy atom. The van der Waals surface area contributed by atoms with Crippen molar-refractivity contribution in [3.05, 3.63) is 0 Å². The molecule has 1 aliphatic heterocycles. The minimum absolute atomic E-state index is 0.270. The Morgan fingerprint density at radius 2 is 2.05 bits per heavy atom. The van der Waals surface area contributed by atoms with E-state index in [2.05, 4.69) is 18.7 Å². The summed E-state index contributed by atoms with van der Waals surface area (Å²) in [4.78, 5) is 15.0. The zero-order chi connectivity index (χ0) is 14.1. The summed E-state index contributed by atoms with van der Waals surface area (Å²) in [6.07, 6.45) is 7.56. The molecule has 2 saturated carbocycles. The van der Waals surface area contributed by atoms with Gasteiger partial charge in [-0.15, -0.1) is 0 Å². The number of fused-ring (bicyclic) bond motifs is 1. The summed E-state index contributed by atoms with van der Waals surface area (Å²) in [6.45, 7) is 7.35. The lowest BCUT2D eigenvalue weighted by atomic mass is 9.74. The maximum absolute atomic E-state index is 12.4. The summed E-state index contributed by atoms with van der Waals surface area (Å²) in [7, 11) is 0. The monoisotopic (exact) mass is 279 g/mol. The van der Waals surface area contributed by atoms with Crippen molar-refractivity contribution in [1.29, 1.82) is 0 Å². The van der Waals surface area contributed by atoms with Crippen LogP contribution in [0.1, 0.15) is 52.4 Å². The van der Waals surface area contributed by atoms with Crippen molar-refractivity contribution < 1.29 is 9.53 Å². The van der Waals surface area contributed by atoms with Crippen LogP contribution in [0.15, 0.2) is 0 Å². The van der Waals surface area contributed by atoms with Crippen molar-refractivity contribution in [3.8, 4) is 0 Å². The normalized spacial score (nSPS) is 43.3. The van der Waals surface area contributed by atoms with Crippen LogP contribution in [0.2, 0.25) is 0 Å². The van der Waals surface area contributed by atoms with Crippen LogP contribution in [0.4, 0.5) is 0 Å². The zero-order valence-electron chi connectivity index (χ0n) is 13.0. The molecule has 2 aliphatic carbocycles. The first kappa shape index (κ1) is 14.5. The second-order valence-corrected chi connectivity index (χ2v) is 7.35. The first-order chi connectivity index (χ1) is 9.65. The molecular formula is C17H29NO2. The molecule has 5 atom stereocenters. The molecule has 0 N–H and O–H groups in total. The van der Waals surface area contributed by atoms with Gasteiger partial charge in [0.25, 0.3) is 0 Å². The van der Waals surface area contributed by atoms with Crippen molar-refractivity contribution in [2.75, 3.05) is 19.7 Å². The Bertz CT molecular complexity index is 355. The van der Waals surface area contributed by atoms with Gasteiger partial charge in [0.2, 0.25) is 0 Å². The predicted molar refractivity (Wildman–Crippen MR) is 79.6 cm³/mol. The summed E-state index contributed by atoms with van der Waals surface area (Å²) < 4.78 is 5.95. The maximum atomic E-state index is 12.4. The molecule has 0 bridgehead atoms. The highest BCUT2D eigenvalue weighted by atomic mass is 16.5. The molecule has 0 radical (unpaired) electrons. The van der Waals surface area contributed by atoms with E-state index in [9.17, 15) is 4.79 Å². The van der Waals surface area contributed by atoms with Gasteiger partial charge >= 0.3 is 0 Å². The molecule has 0 aromatic heterocycles. The molecule has 20 heavy (non-hydrogen) atoms. The first-order valence-electron chi connectivity index (χ1n) is 8.53. The third-order valence-electron chi connectivity index (χ3n) is 5.70. The largest absolute Gasteiger partial charge is 0.375 e. The summed E-state index contributed by atoms with van der Waals surface area (Å²) in [5, 5.41) is 0. The molecule has 3 fully saturated rings. The fourth-order valence-electron chi connectivity index (χ4n) is 4.63. The molecular weight excluding hydrogens is 250 g/mol. The highest BCUT2D eigenvalue weighted by molar-refractivity contribution is 5.82. The Hall–Kier alpha value is -0.410. The molecule has 0 spiro atoms. The number of hydrogen-bond acceptors (Lipinski definition) is 3. The van der Waals surface area contributed by atoms with Gasteiger partial charge in [0.1, 0.15) is 5.78 Å². The van der Waals surface area contributed by atoms with Gasteiger partial charge < -0.3 is 4.74 Å². The van der Waals surface area contributed by atoms with Crippen LogP contribution < -0.4 is 0 Å². The summed E-state index contributed by atoms with van der Waals surface area (Å²) in [6, 6.07) is 0.580. The first-order valence-corrected chi connectivity index (χ1v) is 8.53. The van der Waals surface area contributed by atoms with Gasteiger partial charge in [-0.3, -0.25) is 9.69 Å². The van der Waals surface area contributed by atoms with Gasteiger partial charge in [-0.05, 0) is 31.1 Å². The van der Waals surface area contributed by atoms with E-state index in [0.717, 1.165) is 26.1 Å². The van der Waals surface area contributed by atoms with Crippen LogP contribution in [-0.2, 0) is 9.53 Å². The smallest absolute Gasteiger partial charge is 0.137 e. The highest BCUT2D eigenvalue weighted by Crippen LogP contribution is 2.34. The third kappa shape index (κ3) is 2.94. The van der Waals surface area contributed by atoms with E-state index in [-0.39, 0.29) is 5.92 Å². The Labute approximate surface area is 123 Å². The van der Waals surface area contributed by atoms with Gasteiger partial charge in [-0.2, -0.15) is 0 Å². The van der Waals surface area contributed by atoms with Crippen LogP contribution in [0.3, 0.4) is 0 Å². The molecule has 114 valence electrons. The van der Waals surface area contributed by atoms with E-state index in [1.54, 1.807) is 0 Å². The number of rotatable bonds is 2. The SMILES string of the molecule is CC1CC(=O)C(CN2CCOC3CCCCC32)C(C)C1. The molecule has 3 nitrogen and oxygen atoms in total. The van der Waals surface area contributed by atoms with Crippen molar-refractivity contribution in [2.24, 2.45) is 17.8 Å². The molecule has 1 saturated heterocycles. The van der Waals surface area contributed by atoms with Gasteiger partial charge in [-0.1, -0.05) is 26.7 Å². The number of carbonyl (C=O) groups is 1. The van der Waals surface area contributed by atoms with E-state index in [1.165, 1.54) is 32.1 Å². The Morgan fingerprint density at radius 3 is 2.85 bits per heavy atom. The summed E-state index contributed by atoms with van der Waals surface area (Å²) in [5.74, 6) is 1.92. The van der Waals surface area contributed by atoms with E-state index < -0.39 is 0 Å². The minimum atomic E-state index is 0.270. The third-order valence-corrected chi connectivity index (χ3v) is 5.70. The van der Waals surface area contributed by atoms with Gasteiger partial charge in [-0.25, -0.2) is 0 Å². The van der Waals surface area contributed by atoms with Crippen LogP contribution in [0.25, 0.3) is 0 Å². The summed E-state index contributed by atoms with van der Waals surface area (Å²) in [5.41, 5.74) is 0. The van der Waals surface area contributed by atoms with Crippen LogP contribution >= 0.6 is 0 Å². The molecule has 3 aliphatic rings. The number of ketones is 1. The van der Waals surface area contributed by atoms with E-state index in [1.807, 2.05) is 0 Å². The Kier molecular flexibility index (Phi) is 4.46. The summed E-state index contributed by atoms with van der Waals surface area (Å²) >= 11 is 0. The fourth-order valence-corrected chi connectivity index (χ4v) is 4.63. The van der Waals surface area contributed by atoms with Crippen LogP contribution in [0.5, 0.6) is 0 Å². The lowest BCUT2D eigenvalue weighted by Crippen LogP contribution is -2.55. The Balaban J connectivity index is 1.65. The lowest BCUT2D eigenvalue weighted by Gasteiger charge is -2.46. The molecule has 1 heterocycles. The highest BCUT2D eigenvalue weighted by Gasteiger charge is 2.39. The fraction of sp³-hybridized carbons (Fsp3) is 0.941. The van der Waals surface area contributed by atoms with Crippen molar-refractivity contribution in [3.63, 3.8) is 0 Å². The van der Waals surface area contributed by atoms with E-state index in [0.29, 0.717) is 29.8 Å². The molecule has 0 amide bonds. The number of Topliss-reactive ketones (excluding diaryl/α,β-unsaturated/α-hetero) is 1. The van der Waals surface area contributed by atoms with Crippen molar-refractivity contribution in [1.82, 2.24) is 4.90 Å². The van der Waals surface area contributed by atoms with Gasteiger partial charge in [0.05, 0.1) is 12.7 Å². The average Bonchev–Trinajstić information content (AvgIpc) is 2.43. The van der Waals surface area contributed by atoms with Gasteiger partial charge in [0, 0.05) is 31.5 Å². The van der Waals surface area contributed by atoms with E-state index in [4.69, 9.17) is 4.74 Å². The number of morpholine rings is 1. The van der Waals surface area contributed by atoms with Gasteiger partial charge in [0.15, 0.2) is 0 Å². The van der Waals surface area contributed by atoms with Crippen molar-refractivity contribution in [2.45, 2.75) is 64.5 Å². The second-order valence-electron chi connectivity index (χ2n) is 7.35. The van der Waals surface area contributed by atoms with Crippen LogP contribution in [-0.4, -0.2) is 42.5 Å². The number of carbonyl (C=O) groups excluding carboxylic acids is 1. The zero-order valence-corrected chi connectivity index (χ0v) is 13.0. The molecule has 5 unspecified atom stereocenters. The maximum Gasteiger partial charge on any atom is 0.137 e. The van der Waals surface area contributed by atoms with Crippen LogP contribution in [0, 0.1) is 17.8 Å². The average molecular weight is 279 g/mol. The molecule has 0 aromatic rings. The lowest BCUT2D eigenvalue weighted by molar-refractivity contribution is -0.133. The topological polar surface area (TPSA) is 29.5 Å². The molecule has 3 rings (SSSR count). The quantitative estimate of drug-likeness (QED) is 0.778. The minimum Gasteiger partial charge on any atom is -0.375 e. The number of nitrogens with zero attached hydrogens (tertiary/aromatic N) is 1. The number of hydrogen-bond donors (Lipinski definition) is 0. The predicted octanol–water partition coefficient (Wildman–Crippen LogP) is 2.88. The van der Waals surface area contributed by atoms with E-state index >= 15 is 0 Å². The second kappa shape index (κ2) is 6.15. The number of ether oxygens (including phenoxy) is 1. The molecule has 0 aromatic carbocycles. The van der Waals surface area contributed by atoms with Crippen molar-refractivity contribution >= 4 is 5.78 Å².